The monoisotopic (exact) mass is 288 g/mol. The van der Waals surface area contributed by atoms with Crippen LogP contribution in [0.4, 0.5) is 0 Å². The molecule has 2 atom stereocenters. The number of aliphatic hydroxyl groups excluding tert-OH is 1. The molecule has 2 unspecified atom stereocenters. The largest absolute Gasteiger partial charge is 0.391 e. The average molecular weight is 289 g/mol. The molecule has 0 spiro atoms. The minimum absolute atomic E-state index is 0.214. The van der Waals surface area contributed by atoms with Gasteiger partial charge in [0.25, 0.3) is 5.91 Å². The summed E-state index contributed by atoms with van der Waals surface area (Å²) in [5.74, 6) is -0.324. The van der Waals surface area contributed by atoms with Crippen LogP contribution in [0.1, 0.15) is 36.0 Å². The maximum Gasteiger partial charge on any atom is 0.253 e. The van der Waals surface area contributed by atoms with Crippen molar-refractivity contribution in [1.82, 2.24) is 10.3 Å². The lowest BCUT2D eigenvalue weighted by Gasteiger charge is -2.28. The fraction of sp³-hybridized carbons (Fsp3) is 0.500. The molecule has 0 radical (unpaired) electrons. The summed E-state index contributed by atoms with van der Waals surface area (Å²) in [6.45, 7) is 0. The Kier molecular flexibility index (Phi) is 4.43. The summed E-state index contributed by atoms with van der Waals surface area (Å²) in [6.07, 6.45) is 4.36. The number of hydrogen-bond acceptors (Lipinski definition) is 3. The van der Waals surface area contributed by atoms with Crippen molar-refractivity contribution in [3.05, 3.63) is 28.0 Å². The molecule has 1 fully saturated rings. The quantitative estimate of drug-likeness (QED) is 0.822. The second-order valence-electron chi connectivity index (χ2n) is 4.42. The third kappa shape index (κ3) is 3.13. The summed E-state index contributed by atoms with van der Waals surface area (Å²) in [5.41, 5.74) is 0.287. The van der Waals surface area contributed by atoms with Gasteiger partial charge in [-0.1, -0.05) is 36.0 Å². The van der Waals surface area contributed by atoms with Crippen molar-refractivity contribution in [2.24, 2.45) is 0 Å². The molecule has 2 rings (SSSR count). The fourth-order valence-corrected chi connectivity index (χ4v) is 2.46. The Morgan fingerprint density at radius 1 is 1.39 bits per heavy atom. The average Bonchev–Trinajstić information content (AvgIpc) is 2.35. The van der Waals surface area contributed by atoms with Crippen molar-refractivity contribution in [1.29, 1.82) is 0 Å². The molecule has 18 heavy (non-hydrogen) atoms. The maximum atomic E-state index is 12.0. The molecular weight excluding hydrogens is 275 g/mol. The second kappa shape index (κ2) is 5.87. The van der Waals surface area contributed by atoms with E-state index in [1.54, 1.807) is 0 Å². The van der Waals surface area contributed by atoms with E-state index in [-0.39, 0.29) is 27.7 Å². The molecule has 1 aromatic heterocycles. The number of aromatic nitrogens is 1. The molecule has 1 aliphatic carbocycles. The Bertz CT molecular complexity index is 454. The second-order valence-corrected chi connectivity index (χ2v) is 5.21. The van der Waals surface area contributed by atoms with Gasteiger partial charge in [0.15, 0.2) is 0 Å². The predicted octanol–water partition coefficient (Wildman–Crippen LogP) is 2.42. The predicted molar refractivity (Wildman–Crippen MR) is 70.0 cm³/mol. The Morgan fingerprint density at radius 3 is 2.83 bits per heavy atom. The van der Waals surface area contributed by atoms with Gasteiger partial charge in [-0.2, -0.15) is 0 Å². The van der Waals surface area contributed by atoms with Crippen LogP contribution < -0.4 is 5.32 Å². The first-order valence-electron chi connectivity index (χ1n) is 5.88. The minimum Gasteiger partial charge on any atom is -0.391 e. The molecule has 98 valence electrons. The zero-order chi connectivity index (χ0) is 13.1. The van der Waals surface area contributed by atoms with Gasteiger partial charge >= 0.3 is 0 Å². The number of rotatable bonds is 2. The third-order valence-corrected chi connectivity index (χ3v) is 3.62. The van der Waals surface area contributed by atoms with Gasteiger partial charge in [-0.05, 0) is 18.9 Å². The summed E-state index contributed by atoms with van der Waals surface area (Å²) >= 11 is 11.6. The summed E-state index contributed by atoms with van der Waals surface area (Å²) < 4.78 is 0. The summed E-state index contributed by atoms with van der Waals surface area (Å²) in [4.78, 5) is 15.8. The Morgan fingerprint density at radius 2 is 2.11 bits per heavy atom. The van der Waals surface area contributed by atoms with E-state index in [9.17, 15) is 9.90 Å². The molecule has 6 heteroatoms. The van der Waals surface area contributed by atoms with E-state index in [4.69, 9.17) is 23.2 Å². The van der Waals surface area contributed by atoms with Gasteiger partial charge in [0.1, 0.15) is 5.15 Å². The van der Waals surface area contributed by atoms with Crippen LogP contribution in [-0.2, 0) is 0 Å². The van der Waals surface area contributed by atoms with Crippen LogP contribution >= 0.6 is 23.2 Å². The van der Waals surface area contributed by atoms with Crippen molar-refractivity contribution < 1.29 is 9.90 Å². The first-order chi connectivity index (χ1) is 8.58. The Labute approximate surface area is 115 Å². The molecule has 4 nitrogen and oxygen atoms in total. The normalized spacial score (nSPS) is 23.7. The number of halogens is 2. The van der Waals surface area contributed by atoms with Gasteiger partial charge < -0.3 is 10.4 Å². The Balaban J connectivity index is 2.09. The smallest absolute Gasteiger partial charge is 0.253 e. The molecule has 1 aliphatic rings. The van der Waals surface area contributed by atoms with Crippen LogP contribution in [0.15, 0.2) is 12.3 Å². The fourth-order valence-electron chi connectivity index (χ4n) is 2.11. The molecule has 1 aromatic rings. The lowest BCUT2D eigenvalue weighted by molar-refractivity contribution is 0.0717. The van der Waals surface area contributed by atoms with E-state index in [1.807, 2.05) is 0 Å². The molecular formula is C12H14Cl2N2O2. The molecule has 1 heterocycles. The lowest BCUT2D eigenvalue weighted by atomic mass is 9.92. The first-order valence-corrected chi connectivity index (χ1v) is 6.63. The van der Waals surface area contributed by atoms with Crippen molar-refractivity contribution in [2.75, 3.05) is 0 Å². The van der Waals surface area contributed by atoms with Gasteiger partial charge in [-0.15, -0.1) is 0 Å². The van der Waals surface area contributed by atoms with Crippen molar-refractivity contribution in [3.63, 3.8) is 0 Å². The van der Waals surface area contributed by atoms with Gasteiger partial charge in [0, 0.05) is 6.20 Å². The third-order valence-electron chi connectivity index (χ3n) is 3.11. The number of nitrogens with one attached hydrogen (secondary N) is 1. The van der Waals surface area contributed by atoms with Crippen molar-refractivity contribution in [3.8, 4) is 0 Å². The number of nitrogens with zero attached hydrogens (tertiary/aromatic N) is 1. The first kappa shape index (κ1) is 13.6. The molecule has 0 aromatic carbocycles. The summed E-state index contributed by atoms with van der Waals surface area (Å²) in [7, 11) is 0. The highest BCUT2D eigenvalue weighted by Gasteiger charge is 2.25. The van der Waals surface area contributed by atoms with E-state index in [0.717, 1.165) is 25.7 Å². The van der Waals surface area contributed by atoms with E-state index < -0.39 is 6.10 Å². The van der Waals surface area contributed by atoms with E-state index in [0.29, 0.717) is 0 Å². The Hall–Kier alpha value is -0.840. The van der Waals surface area contributed by atoms with E-state index in [1.165, 1.54) is 12.3 Å². The summed E-state index contributed by atoms with van der Waals surface area (Å²) in [6, 6.07) is 1.21. The number of hydrogen-bond donors (Lipinski definition) is 2. The van der Waals surface area contributed by atoms with Crippen LogP contribution in [0.5, 0.6) is 0 Å². The molecule has 0 bridgehead atoms. The van der Waals surface area contributed by atoms with Gasteiger partial charge in [0.05, 0.1) is 22.7 Å². The van der Waals surface area contributed by atoms with Crippen molar-refractivity contribution >= 4 is 29.1 Å². The number of aliphatic hydroxyl groups is 1. The number of carbonyl (C=O) groups is 1. The van der Waals surface area contributed by atoms with E-state index in [2.05, 4.69) is 10.3 Å². The highest BCUT2D eigenvalue weighted by Crippen LogP contribution is 2.21. The van der Waals surface area contributed by atoms with Crippen molar-refractivity contribution in [2.45, 2.75) is 37.8 Å². The van der Waals surface area contributed by atoms with Gasteiger partial charge in [-0.25, -0.2) is 4.98 Å². The van der Waals surface area contributed by atoms with Crippen LogP contribution in [0.2, 0.25) is 10.2 Å². The zero-order valence-electron chi connectivity index (χ0n) is 9.70. The molecule has 1 saturated carbocycles. The van der Waals surface area contributed by atoms with E-state index >= 15 is 0 Å². The molecule has 0 saturated heterocycles. The minimum atomic E-state index is -0.487. The highest BCUT2D eigenvalue weighted by atomic mass is 35.5. The topological polar surface area (TPSA) is 62.2 Å². The number of pyridine rings is 1. The molecule has 1 amide bonds. The van der Waals surface area contributed by atoms with Gasteiger partial charge in [-0.3, -0.25) is 4.79 Å². The maximum absolute atomic E-state index is 12.0. The summed E-state index contributed by atoms with van der Waals surface area (Å²) in [5, 5.41) is 13.1. The molecule has 0 aliphatic heterocycles. The van der Waals surface area contributed by atoms with Crippen LogP contribution in [0.3, 0.4) is 0 Å². The SMILES string of the molecule is O=C(NC1CCCCC1O)c1cc(Cl)ncc1Cl. The van der Waals surface area contributed by atoms with Crippen LogP contribution in [0.25, 0.3) is 0 Å². The van der Waals surface area contributed by atoms with Crippen LogP contribution in [-0.4, -0.2) is 28.1 Å². The highest BCUT2D eigenvalue weighted by molar-refractivity contribution is 6.35. The van der Waals surface area contributed by atoms with Crippen LogP contribution in [0, 0.1) is 0 Å². The standard InChI is InChI=1S/C12H14Cl2N2O2/c13-8-6-15-11(14)5-7(8)12(18)16-9-3-1-2-4-10(9)17/h5-6,9-10,17H,1-4H2,(H,16,18). The number of carbonyl (C=O) groups excluding carboxylic acids is 1. The molecule has 2 N–H and O–H groups in total. The number of amides is 1. The lowest BCUT2D eigenvalue weighted by Crippen LogP contribution is -2.45. The van der Waals surface area contributed by atoms with Gasteiger partial charge in [0.2, 0.25) is 0 Å². The zero-order valence-corrected chi connectivity index (χ0v) is 11.2.